The van der Waals surface area contributed by atoms with E-state index < -0.39 is 0 Å². The average Bonchev–Trinajstić information content (AvgIpc) is 2.61. The summed E-state index contributed by atoms with van der Waals surface area (Å²) >= 11 is 0. The monoisotopic (exact) mass is 366 g/mol. The maximum Gasteiger partial charge on any atom is -0.0300 e. The molecule has 4 atom stereocenters. The zero-order valence-electron chi connectivity index (χ0n) is 20.3. The Morgan fingerprint density at radius 3 is 1.50 bits per heavy atom. The van der Waals surface area contributed by atoms with Crippen LogP contribution in [0.1, 0.15) is 146 Å². The van der Waals surface area contributed by atoms with Crippen molar-refractivity contribution in [3.05, 3.63) is 0 Å². The fourth-order valence-corrected chi connectivity index (χ4v) is 5.42. The van der Waals surface area contributed by atoms with Gasteiger partial charge in [-0.25, -0.2) is 0 Å². The lowest BCUT2D eigenvalue weighted by Gasteiger charge is -2.43. The van der Waals surface area contributed by atoms with E-state index in [2.05, 4.69) is 62.3 Å². The van der Waals surface area contributed by atoms with E-state index in [4.69, 9.17) is 0 Å². The van der Waals surface area contributed by atoms with E-state index in [0.717, 1.165) is 5.92 Å². The van der Waals surface area contributed by atoms with Crippen molar-refractivity contribution in [2.75, 3.05) is 0 Å². The van der Waals surface area contributed by atoms with Crippen LogP contribution in [0, 0.1) is 22.2 Å². The summed E-state index contributed by atoms with van der Waals surface area (Å²) in [5.74, 6) is 0.895. The van der Waals surface area contributed by atoms with Crippen LogP contribution >= 0.6 is 0 Å². The van der Waals surface area contributed by atoms with Gasteiger partial charge in [0, 0.05) is 0 Å². The third kappa shape index (κ3) is 8.35. The molecule has 0 heterocycles. The molecular weight excluding hydrogens is 312 g/mol. The minimum absolute atomic E-state index is 0.534. The summed E-state index contributed by atoms with van der Waals surface area (Å²) in [5.41, 5.74) is 1.65. The molecule has 0 aromatic rings. The van der Waals surface area contributed by atoms with Crippen molar-refractivity contribution in [3.8, 4) is 0 Å². The third-order valence-corrected chi connectivity index (χ3v) is 8.10. The van der Waals surface area contributed by atoms with Crippen LogP contribution in [0.25, 0.3) is 0 Å². The molecule has 0 aromatic heterocycles. The van der Waals surface area contributed by atoms with Crippen molar-refractivity contribution < 1.29 is 0 Å². The summed E-state index contributed by atoms with van der Waals surface area (Å²) in [5, 5.41) is 0. The Hall–Kier alpha value is 0. The Labute approximate surface area is 168 Å². The van der Waals surface area contributed by atoms with Crippen LogP contribution in [0.3, 0.4) is 0 Å². The largest absolute Gasteiger partial charge is 0.0654 e. The van der Waals surface area contributed by atoms with Gasteiger partial charge in [0.25, 0.3) is 0 Å². The van der Waals surface area contributed by atoms with E-state index in [1.165, 1.54) is 83.5 Å². The summed E-state index contributed by atoms with van der Waals surface area (Å²) in [6, 6.07) is 0. The molecule has 0 fully saturated rings. The summed E-state index contributed by atoms with van der Waals surface area (Å²) in [7, 11) is 0. The second-order valence-corrected chi connectivity index (χ2v) is 10.4. The standard InChI is InChI=1S/C26H54/c1-10-18-24(7,13-4)21-16-17-23(26(9,15-6)20-12-3)22-25(8,14-5)19-11-2/h23H,10-22H2,1-9H3. The first kappa shape index (κ1) is 26.0. The molecule has 0 aliphatic carbocycles. The van der Waals surface area contributed by atoms with Gasteiger partial charge in [0.2, 0.25) is 0 Å². The molecular formula is C26H54. The third-order valence-electron chi connectivity index (χ3n) is 8.10. The number of rotatable bonds is 16. The Morgan fingerprint density at radius 1 is 0.577 bits per heavy atom. The molecule has 0 radical (unpaired) electrons. The van der Waals surface area contributed by atoms with E-state index in [-0.39, 0.29) is 0 Å². The van der Waals surface area contributed by atoms with Gasteiger partial charge in [-0.1, -0.05) is 107 Å². The lowest BCUT2D eigenvalue weighted by Crippen LogP contribution is -2.32. The molecule has 0 saturated carbocycles. The fraction of sp³-hybridized carbons (Fsp3) is 1.00. The maximum absolute atomic E-state index is 2.61. The van der Waals surface area contributed by atoms with E-state index in [0.29, 0.717) is 16.2 Å². The van der Waals surface area contributed by atoms with Gasteiger partial charge in [0.1, 0.15) is 0 Å². The summed E-state index contributed by atoms with van der Waals surface area (Å²) < 4.78 is 0. The molecule has 0 aliphatic heterocycles. The minimum Gasteiger partial charge on any atom is -0.0654 e. The van der Waals surface area contributed by atoms with Crippen molar-refractivity contribution in [2.24, 2.45) is 22.2 Å². The maximum atomic E-state index is 2.61. The molecule has 4 unspecified atom stereocenters. The summed E-state index contributed by atoms with van der Waals surface area (Å²) in [4.78, 5) is 0. The van der Waals surface area contributed by atoms with Crippen molar-refractivity contribution >= 4 is 0 Å². The van der Waals surface area contributed by atoms with Gasteiger partial charge >= 0.3 is 0 Å². The highest BCUT2D eigenvalue weighted by Crippen LogP contribution is 2.48. The molecule has 0 aromatic carbocycles. The Kier molecular flexibility index (Phi) is 12.5. The van der Waals surface area contributed by atoms with Gasteiger partial charge in [-0.15, -0.1) is 0 Å². The Bertz CT molecular complexity index is 346. The van der Waals surface area contributed by atoms with Crippen LogP contribution < -0.4 is 0 Å². The lowest BCUT2D eigenvalue weighted by atomic mass is 9.62. The van der Waals surface area contributed by atoms with Crippen molar-refractivity contribution in [1.82, 2.24) is 0 Å². The van der Waals surface area contributed by atoms with Crippen LogP contribution in [0.15, 0.2) is 0 Å². The zero-order valence-corrected chi connectivity index (χ0v) is 20.3. The summed E-state index contributed by atoms with van der Waals surface area (Å²) in [6.45, 7) is 22.1. The molecule has 0 nitrogen and oxygen atoms in total. The molecule has 0 bridgehead atoms. The Balaban J connectivity index is 5.21. The van der Waals surface area contributed by atoms with Crippen LogP contribution in [0.2, 0.25) is 0 Å². The molecule has 0 saturated heterocycles. The number of hydrogen-bond acceptors (Lipinski definition) is 0. The Morgan fingerprint density at radius 2 is 1.08 bits per heavy atom. The molecule has 158 valence electrons. The molecule has 0 aliphatic rings. The van der Waals surface area contributed by atoms with Gasteiger partial charge in [-0.05, 0) is 60.7 Å². The van der Waals surface area contributed by atoms with E-state index in [9.17, 15) is 0 Å². The second-order valence-electron chi connectivity index (χ2n) is 10.4. The van der Waals surface area contributed by atoms with Gasteiger partial charge < -0.3 is 0 Å². The van der Waals surface area contributed by atoms with Crippen LogP contribution in [0.4, 0.5) is 0 Å². The normalized spacial score (nSPS) is 20.2. The molecule has 0 rings (SSSR count). The van der Waals surface area contributed by atoms with Gasteiger partial charge in [0.05, 0.1) is 0 Å². The van der Waals surface area contributed by atoms with Gasteiger partial charge in [0.15, 0.2) is 0 Å². The van der Waals surface area contributed by atoms with Gasteiger partial charge in [-0.3, -0.25) is 0 Å². The zero-order chi connectivity index (χ0) is 20.3. The van der Waals surface area contributed by atoms with E-state index in [1.807, 2.05) is 0 Å². The first-order valence-electron chi connectivity index (χ1n) is 12.2. The van der Waals surface area contributed by atoms with E-state index >= 15 is 0 Å². The van der Waals surface area contributed by atoms with Crippen molar-refractivity contribution in [2.45, 2.75) is 146 Å². The van der Waals surface area contributed by atoms with E-state index in [1.54, 1.807) is 0 Å². The lowest BCUT2D eigenvalue weighted by molar-refractivity contribution is 0.0770. The fourth-order valence-electron chi connectivity index (χ4n) is 5.42. The molecule has 0 heteroatoms. The molecule has 0 N–H and O–H groups in total. The van der Waals surface area contributed by atoms with Crippen LogP contribution in [-0.4, -0.2) is 0 Å². The molecule has 0 spiro atoms. The highest BCUT2D eigenvalue weighted by Gasteiger charge is 2.36. The van der Waals surface area contributed by atoms with Crippen molar-refractivity contribution in [1.29, 1.82) is 0 Å². The van der Waals surface area contributed by atoms with Crippen LogP contribution in [0.5, 0.6) is 0 Å². The number of hydrogen-bond donors (Lipinski definition) is 0. The average molecular weight is 367 g/mol. The van der Waals surface area contributed by atoms with Crippen molar-refractivity contribution in [3.63, 3.8) is 0 Å². The molecule has 26 heavy (non-hydrogen) atoms. The second kappa shape index (κ2) is 12.5. The highest BCUT2D eigenvalue weighted by atomic mass is 14.4. The predicted molar refractivity (Wildman–Crippen MR) is 122 cm³/mol. The first-order chi connectivity index (χ1) is 12.2. The van der Waals surface area contributed by atoms with Crippen LogP contribution in [-0.2, 0) is 0 Å². The smallest absolute Gasteiger partial charge is 0.0300 e. The highest BCUT2D eigenvalue weighted by molar-refractivity contribution is 4.87. The summed E-state index contributed by atoms with van der Waals surface area (Å²) in [6.07, 6.45) is 18.0. The minimum atomic E-state index is 0.534. The SMILES string of the molecule is CCCC(C)(CC)CCCC(CC(C)(CC)CCC)C(C)(CC)CCC. The first-order valence-corrected chi connectivity index (χ1v) is 12.2. The predicted octanol–water partition coefficient (Wildman–Crippen LogP) is 9.81. The molecule has 0 amide bonds. The topological polar surface area (TPSA) is 0 Å². The quantitative estimate of drug-likeness (QED) is 0.255. The van der Waals surface area contributed by atoms with Gasteiger partial charge in [-0.2, -0.15) is 0 Å².